The highest BCUT2D eigenvalue weighted by molar-refractivity contribution is 5.96. The van der Waals surface area contributed by atoms with Crippen molar-refractivity contribution >= 4 is 11.8 Å². The van der Waals surface area contributed by atoms with E-state index in [1.165, 1.54) is 5.56 Å². The van der Waals surface area contributed by atoms with Crippen LogP contribution in [0.15, 0.2) is 115 Å². The van der Waals surface area contributed by atoms with E-state index in [1.807, 2.05) is 78.9 Å². The molecular formula is C29H26N2O3. The Balaban J connectivity index is 1.33. The fourth-order valence-electron chi connectivity index (χ4n) is 3.68. The molecule has 0 unspecified atom stereocenters. The van der Waals surface area contributed by atoms with Crippen molar-refractivity contribution in [2.45, 2.75) is 12.3 Å². The van der Waals surface area contributed by atoms with E-state index in [-0.39, 0.29) is 5.91 Å². The van der Waals surface area contributed by atoms with E-state index in [9.17, 15) is 9.59 Å². The molecule has 170 valence electrons. The first kappa shape index (κ1) is 22.8. The Labute approximate surface area is 199 Å². The Bertz CT molecular complexity index is 1160. The van der Waals surface area contributed by atoms with Crippen molar-refractivity contribution in [2.75, 3.05) is 6.61 Å². The molecule has 0 radical (unpaired) electrons. The molecule has 0 saturated heterocycles. The summed E-state index contributed by atoms with van der Waals surface area (Å²) in [4.78, 5) is 25.6. The largest absolute Gasteiger partial charge is 0.493 e. The predicted octanol–water partition coefficient (Wildman–Crippen LogP) is 4.90. The molecule has 5 nitrogen and oxygen atoms in total. The lowest BCUT2D eigenvalue weighted by molar-refractivity contribution is -0.122. The number of rotatable bonds is 8. The zero-order valence-corrected chi connectivity index (χ0v) is 18.7. The number of hydrogen-bond donors (Lipinski definition) is 2. The second-order valence-electron chi connectivity index (χ2n) is 7.81. The van der Waals surface area contributed by atoms with Crippen LogP contribution in [0.4, 0.5) is 0 Å². The molecule has 2 N–H and O–H groups in total. The van der Waals surface area contributed by atoms with Crippen LogP contribution in [0.2, 0.25) is 0 Å². The van der Waals surface area contributed by atoms with Crippen LogP contribution < -0.4 is 15.6 Å². The van der Waals surface area contributed by atoms with Gasteiger partial charge in [0.1, 0.15) is 5.75 Å². The van der Waals surface area contributed by atoms with Gasteiger partial charge in [-0.25, -0.2) is 0 Å². The van der Waals surface area contributed by atoms with Crippen molar-refractivity contribution in [2.24, 2.45) is 0 Å². The Morgan fingerprint density at radius 3 is 1.74 bits per heavy atom. The molecule has 0 aliphatic heterocycles. The number of hydrogen-bond acceptors (Lipinski definition) is 3. The van der Waals surface area contributed by atoms with Crippen molar-refractivity contribution in [3.63, 3.8) is 0 Å². The molecule has 0 heterocycles. The smallest absolute Gasteiger partial charge is 0.269 e. The second kappa shape index (κ2) is 11.5. The summed E-state index contributed by atoms with van der Waals surface area (Å²) in [5, 5.41) is 0. The molecule has 5 heteroatoms. The SMILES string of the molecule is O=C(NNC(=O)C(c1ccccc1)c1ccccc1)c1ccc(OCCc2ccccc2)cc1. The Morgan fingerprint density at radius 1 is 0.647 bits per heavy atom. The van der Waals surface area contributed by atoms with E-state index in [2.05, 4.69) is 23.0 Å². The van der Waals surface area contributed by atoms with Gasteiger partial charge in [0, 0.05) is 12.0 Å². The van der Waals surface area contributed by atoms with Gasteiger partial charge in [0.25, 0.3) is 5.91 Å². The molecule has 0 saturated carbocycles. The second-order valence-corrected chi connectivity index (χ2v) is 7.81. The normalized spacial score (nSPS) is 10.5. The summed E-state index contributed by atoms with van der Waals surface area (Å²) < 4.78 is 5.77. The van der Waals surface area contributed by atoms with Crippen LogP contribution in [0.25, 0.3) is 0 Å². The Kier molecular flexibility index (Phi) is 7.70. The first-order valence-corrected chi connectivity index (χ1v) is 11.2. The summed E-state index contributed by atoms with van der Waals surface area (Å²) in [6.45, 7) is 0.548. The van der Waals surface area contributed by atoms with E-state index in [0.717, 1.165) is 17.5 Å². The molecule has 0 fully saturated rings. The lowest BCUT2D eigenvalue weighted by atomic mass is 9.91. The maximum atomic E-state index is 13.0. The molecule has 4 aromatic rings. The quantitative estimate of drug-likeness (QED) is 0.375. The Morgan fingerprint density at radius 2 is 1.18 bits per heavy atom. The monoisotopic (exact) mass is 450 g/mol. The third-order valence-corrected chi connectivity index (χ3v) is 5.45. The van der Waals surface area contributed by atoms with Crippen LogP contribution in [0.3, 0.4) is 0 Å². The van der Waals surface area contributed by atoms with E-state index >= 15 is 0 Å². The van der Waals surface area contributed by atoms with Gasteiger partial charge in [0.15, 0.2) is 0 Å². The summed E-state index contributed by atoms with van der Waals surface area (Å²) in [5.74, 6) is -0.566. The zero-order chi connectivity index (χ0) is 23.6. The minimum Gasteiger partial charge on any atom is -0.493 e. The highest BCUT2D eigenvalue weighted by Crippen LogP contribution is 2.24. The van der Waals surface area contributed by atoms with Gasteiger partial charge < -0.3 is 4.74 Å². The minimum absolute atomic E-state index is 0.313. The molecule has 4 rings (SSSR count). The topological polar surface area (TPSA) is 67.4 Å². The molecule has 0 bridgehead atoms. The predicted molar refractivity (Wildman–Crippen MR) is 132 cm³/mol. The molecule has 0 atom stereocenters. The molecular weight excluding hydrogens is 424 g/mol. The lowest BCUT2D eigenvalue weighted by Crippen LogP contribution is -2.44. The van der Waals surface area contributed by atoms with Crippen LogP contribution >= 0.6 is 0 Å². The lowest BCUT2D eigenvalue weighted by Gasteiger charge is -2.18. The highest BCUT2D eigenvalue weighted by Gasteiger charge is 2.23. The summed E-state index contributed by atoms with van der Waals surface area (Å²) in [5.41, 5.74) is 8.42. The van der Waals surface area contributed by atoms with Gasteiger partial charge in [-0.3, -0.25) is 20.4 Å². The van der Waals surface area contributed by atoms with Crippen molar-refractivity contribution in [3.8, 4) is 5.75 Å². The summed E-state index contributed by atoms with van der Waals surface area (Å²) in [7, 11) is 0. The third-order valence-electron chi connectivity index (χ3n) is 5.45. The number of carbonyl (C=O) groups is 2. The molecule has 0 aromatic heterocycles. The van der Waals surface area contributed by atoms with Gasteiger partial charge in [-0.1, -0.05) is 91.0 Å². The first-order chi connectivity index (χ1) is 16.7. The fraction of sp³-hybridized carbons (Fsp3) is 0.103. The van der Waals surface area contributed by atoms with Crippen molar-refractivity contribution in [1.29, 1.82) is 0 Å². The van der Waals surface area contributed by atoms with Crippen molar-refractivity contribution in [1.82, 2.24) is 10.9 Å². The maximum absolute atomic E-state index is 13.0. The average Bonchev–Trinajstić information content (AvgIpc) is 2.90. The number of carbonyl (C=O) groups excluding carboxylic acids is 2. The van der Waals surface area contributed by atoms with Gasteiger partial charge in [0.05, 0.1) is 12.5 Å². The van der Waals surface area contributed by atoms with E-state index in [4.69, 9.17) is 4.74 Å². The first-order valence-electron chi connectivity index (χ1n) is 11.2. The summed E-state index contributed by atoms with van der Waals surface area (Å²) in [6.07, 6.45) is 0.805. The van der Waals surface area contributed by atoms with Crippen molar-refractivity contribution < 1.29 is 14.3 Å². The number of ether oxygens (including phenoxy) is 1. The third kappa shape index (κ3) is 6.11. The van der Waals surface area contributed by atoms with Gasteiger partial charge in [-0.15, -0.1) is 0 Å². The van der Waals surface area contributed by atoms with Crippen molar-refractivity contribution in [3.05, 3.63) is 138 Å². The molecule has 34 heavy (non-hydrogen) atoms. The fourth-order valence-corrected chi connectivity index (χ4v) is 3.68. The van der Waals surface area contributed by atoms with Gasteiger partial charge in [-0.05, 0) is 41.0 Å². The Hall–Kier alpha value is -4.38. The standard InChI is InChI=1S/C29H26N2O3/c32-28(25-16-18-26(19-17-25)34-21-20-22-10-4-1-5-11-22)30-31-29(33)27(23-12-6-2-7-13-23)24-14-8-3-9-15-24/h1-19,27H,20-21H2,(H,30,32)(H,31,33). The number of amides is 2. The molecule has 4 aromatic carbocycles. The highest BCUT2D eigenvalue weighted by atomic mass is 16.5. The zero-order valence-electron chi connectivity index (χ0n) is 18.7. The van der Waals surface area contributed by atoms with Gasteiger partial charge in [0.2, 0.25) is 5.91 Å². The van der Waals surface area contributed by atoms with Gasteiger partial charge in [-0.2, -0.15) is 0 Å². The molecule has 0 spiro atoms. The van der Waals surface area contributed by atoms with Crippen LogP contribution in [0.5, 0.6) is 5.75 Å². The van der Waals surface area contributed by atoms with Crippen LogP contribution in [0, 0.1) is 0 Å². The molecule has 2 amide bonds. The van der Waals surface area contributed by atoms with Crippen LogP contribution in [0.1, 0.15) is 33.0 Å². The summed E-state index contributed by atoms with van der Waals surface area (Å²) >= 11 is 0. The number of benzene rings is 4. The number of hydrazine groups is 1. The molecule has 0 aliphatic carbocycles. The van der Waals surface area contributed by atoms with E-state index in [0.29, 0.717) is 17.9 Å². The minimum atomic E-state index is -0.539. The van der Waals surface area contributed by atoms with Crippen LogP contribution in [-0.2, 0) is 11.2 Å². The van der Waals surface area contributed by atoms with Crippen LogP contribution in [-0.4, -0.2) is 18.4 Å². The van der Waals surface area contributed by atoms with E-state index < -0.39 is 11.8 Å². The number of nitrogens with one attached hydrogen (secondary N) is 2. The average molecular weight is 451 g/mol. The van der Waals surface area contributed by atoms with E-state index in [1.54, 1.807) is 24.3 Å². The van der Waals surface area contributed by atoms with Gasteiger partial charge >= 0.3 is 0 Å². The molecule has 0 aliphatic rings. The summed E-state index contributed by atoms with van der Waals surface area (Å²) in [6, 6.07) is 35.9. The maximum Gasteiger partial charge on any atom is 0.269 e.